The summed E-state index contributed by atoms with van der Waals surface area (Å²) in [6, 6.07) is 5.91. The van der Waals surface area contributed by atoms with Gasteiger partial charge in [-0.25, -0.2) is 14.6 Å². The fourth-order valence-corrected chi connectivity index (χ4v) is 8.00. The molecule has 2 aromatic heterocycles. The van der Waals surface area contributed by atoms with Gasteiger partial charge in [-0.15, -0.1) is 11.3 Å². The highest BCUT2D eigenvalue weighted by molar-refractivity contribution is 7.16. The molecule has 1 amide bonds. The third-order valence-electron chi connectivity index (χ3n) is 9.15. The van der Waals surface area contributed by atoms with Crippen LogP contribution in [0.5, 0.6) is 5.75 Å². The number of nitriles is 1. The van der Waals surface area contributed by atoms with Crippen LogP contribution in [0.4, 0.5) is 15.6 Å². The zero-order valence-electron chi connectivity index (χ0n) is 28.9. The summed E-state index contributed by atoms with van der Waals surface area (Å²) in [6.07, 6.45) is 3.85. The number of carbonyl (C=O) groups excluding carboxylic acids is 2. The number of pyridine rings is 1. The molecule has 0 radical (unpaired) electrons. The van der Waals surface area contributed by atoms with Gasteiger partial charge in [-0.2, -0.15) is 5.26 Å². The van der Waals surface area contributed by atoms with Gasteiger partial charge in [-0.1, -0.05) is 5.16 Å². The van der Waals surface area contributed by atoms with Gasteiger partial charge in [0.05, 0.1) is 17.5 Å². The van der Waals surface area contributed by atoms with E-state index in [1.165, 1.54) is 11.3 Å². The van der Waals surface area contributed by atoms with Crippen LogP contribution in [0.25, 0.3) is 0 Å². The lowest BCUT2D eigenvalue weighted by Gasteiger charge is -2.34. The van der Waals surface area contributed by atoms with Crippen LogP contribution >= 0.6 is 11.3 Å². The van der Waals surface area contributed by atoms with Crippen LogP contribution in [0.3, 0.4) is 0 Å². The number of hydrogen-bond donors (Lipinski definition) is 2. The van der Waals surface area contributed by atoms with Gasteiger partial charge in [0.25, 0.3) is 0 Å². The molecule has 0 spiro atoms. The Morgan fingerprint density at radius 3 is 2.67 bits per heavy atom. The number of anilines is 2. The maximum Gasteiger partial charge on any atom is 0.410 e. The molecule has 0 aromatic carbocycles. The Morgan fingerprint density at radius 2 is 1.94 bits per heavy atom. The second-order valence-electron chi connectivity index (χ2n) is 14.3. The minimum Gasteiger partial charge on any atom is -0.488 e. The summed E-state index contributed by atoms with van der Waals surface area (Å²) in [7, 11) is 2.11. The van der Waals surface area contributed by atoms with Crippen molar-refractivity contribution in [2.24, 2.45) is 10.9 Å². The van der Waals surface area contributed by atoms with E-state index in [2.05, 4.69) is 35.0 Å². The zero-order chi connectivity index (χ0) is 34.8. The van der Waals surface area contributed by atoms with Crippen molar-refractivity contribution in [1.82, 2.24) is 14.8 Å². The monoisotopic (exact) mass is 680 g/mol. The van der Waals surface area contributed by atoms with Crippen LogP contribution in [0.1, 0.15) is 88.4 Å². The molecule has 4 heterocycles. The molecule has 2 saturated heterocycles. The molecule has 48 heavy (non-hydrogen) atoms. The van der Waals surface area contributed by atoms with Crippen molar-refractivity contribution in [3.05, 3.63) is 33.8 Å². The number of rotatable bonds is 6. The van der Waals surface area contributed by atoms with E-state index in [4.69, 9.17) is 30.8 Å². The lowest BCUT2D eigenvalue weighted by atomic mass is 9.72. The first-order valence-electron chi connectivity index (χ1n) is 16.7. The molecule has 1 aliphatic carbocycles. The fourth-order valence-electron chi connectivity index (χ4n) is 6.81. The summed E-state index contributed by atoms with van der Waals surface area (Å²) < 4.78 is 12.1. The van der Waals surface area contributed by atoms with E-state index in [9.17, 15) is 14.9 Å². The number of amidine groups is 1. The molecule has 2 fully saturated rings. The van der Waals surface area contributed by atoms with Gasteiger partial charge in [0.15, 0.2) is 5.84 Å². The van der Waals surface area contributed by atoms with Gasteiger partial charge in [-0.05, 0) is 86.7 Å². The highest BCUT2D eigenvalue weighted by Gasteiger charge is 2.45. The summed E-state index contributed by atoms with van der Waals surface area (Å²) in [6.45, 7) is 13.1. The van der Waals surface area contributed by atoms with E-state index < -0.39 is 17.0 Å². The van der Waals surface area contributed by atoms with Gasteiger partial charge in [0, 0.05) is 48.2 Å². The van der Waals surface area contributed by atoms with E-state index in [1.807, 2.05) is 26.8 Å². The maximum atomic E-state index is 13.6. The number of amides is 1. The van der Waals surface area contributed by atoms with E-state index in [0.29, 0.717) is 52.9 Å². The summed E-state index contributed by atoms with van der Waals surface area (Å²) in [4.78, 5) is 43.9. The molecule has 2 aliphatic heterocycles. The minimum absolute atomic E-state index is 0.0846. The van der Waals surface area contributed by atoms with Crippen molar-refractivity contribution in [1.29, 1.82) is 5.26 Å². The van der Waals surface area contributed by atoms with E-state index in [-0.39, 0.29) is 24.1 Å². The largest absolute Gasteiger partial charge is 0.488 e. The molecule has 3 aliphatic rings. The molecule has 14 heteroatoms. The number of nitrogen functional groups attached to an aromatic ring is 1. The molecule has 260 valence electrons. The highest BCUT2D eigenvalue weighted by atomic mass is 32.1. The second-order valence-corrected chi connectivity index (χ2v) is 15.4. The standard InChI is InChI=1S/C34H48N8O5S/c1-21-19-40(6)13-9-15-42(21)27-17-23(45-22-10-8-14-41(20-22)32(44)46-33(2,3)4)16-25(38-27)29(36)39-47-31(43)34(5)12-7-11-26-28(34)24(18-35)30(37)48-26/h16-17,21-22H,7-15,19-20,37H2,1-6H3,(H2,36,39)/t21-,22?,34-/m0/s1. The summed E-state index contributed by atoms with van der Waals surface area (Å²) >= 11 is 1.35. The number of fused-ring (bicyclic) bond motifs is 1. The van der Waals surface area contributed by atoms with Crippen LogP contribution in [0, 0.1) is 11.3 Å². The van der Waals surface area contributed by atoms with Gasteiger partial charge in [-0.3, -0.25) is 0 Å². The molecule has 0 bridgehead atoms. The second kappa shape index (κ2) is 14.2. The minimum atomic E-state index is -1.09. The number of piperidine rings is 1. The number of likely N-dealkylation sites (tertiary alicyclic amines) is 1. The zero-order valence-corrected chi connectivity index (χ0v) is 29.7. The number of ether oxygens (including phenoxy) is 2. The number of oxime groups is 1. The average molecular weight is 681 g/mol. The maximum absolute atomic E-state index is 13.6. The number of likely N-dealkylation sites (N-methyl/N-ethyl adjacent to an activating group) is 1. The molecule has 0 saturated carbocycles. The number of aryl methyl sites for hydroxylation is 1. The number of aromatic nitrogens is 1. The molecule has 3 atom stereocenters. The van der Waals surface area contributed by atoms with Crippen molar-refractivity contribution < 1.29 is 23.9 Å². The Hall–Kier alpha value is -4.09. The first-order valence-corrected chi connectivity index (χ1v) is 17.5. The van der Waals surface area contributed by atoms with Crippen LogP contribution in [-0.4, -0.2) is 90.2 Å². The van der Waals surface area contributed by atoms with Gasteiger partial charge in [0.2, 0.25) is 0 Å². The molecular weight excluding hydrogens is 632 g/mol. The predicted octanol–water partition coefficient (Wildman–Crippen LogP) is 4.36. The number of thiophene rings is 1. The van der Waals surface area contributed by atoms with Crippen LogP contribution in [0.15, 0.2) is 17.3 Å². The number of nitrogens with two attached hydrogens (primary N) is 2. The summed E-state index contributed by atoms with van der Waals surface area (Å²) in [5.41, 5.74) is 12.2. The third kappa shape index (κ3) is 7.79. The van der Waals surface area contributed by atoms with Crippen molar-refractivity contribution >= 4 is 40.1 Å². The van der Waals surface area contributed by atoms with E-state index in [0.717, 1.165) is 56.6 Å². The third-order valence-corrected chi connectivity index (χ3v) is 10.2. The lowest BCUT2D eigenvalue weighted by molar-refractivity contribution is -0.150. The van der Waals surface area contributed by atoms with Gasteiger partial charge >= 0.3 is 12.1 Å². The highest BCUT2D eigenvalue weighted by Crippen LogP contribution is 2.46. The molecule has 5 rings (SSSR count). The van der Waals surface area contributed by atoms with Gasteiger partial charge < -0.3 is 40.5 Å². The van der Waals surface area contributed by atoms with Crippen molar-refractivity contribution in [2.75, 3.05) is 50.4 Å². The Morgan fingerprint density at radius 1 is 1.17 bits per heavy atom. The lowest BCUT2D eigenvalue weighted by Crippen LogP contribution is -2.46. The molecular formula is C34H48N8O5S. The predicted molar refractivity (Wildman–Crippen MR) is 185 cm³/mol. The smallest absolute Gasteiger partial charge is 0.410 e. The molecule has 1 unspecified atom stereocenters. The SMILES string of the molecule is C[C@H]1CN(C)CCCN1c1cc(OC2CCCN(C(=O)OC(C)(C)C)C2)cc(/C(N)=N/OC(=O)[C@@]2(C)CCCc3sc(N)c(C#N)c32)n1. The number of nitrogens with zero attached hydrogens (tertiary/aromatic N) is 6. The Balaban J connectivity index is 1.41. The fraction of sp³-hybridized carbons (Fsp3) is 0.618. The quantitative estimate of drug-likeness (QED) is 0.192. The van der Waals surface area contributed by atoms with E-state index >= 15 is 0 Å². The van der Waals surface area contributed by atoms with Crippen LogP contribution in [0.2, 0.25) is 0 Å². The molecule has 13 nitrogen and oxygen atoms in total. The first kappa shape index (κ1) is 35.2. The number of hydrogen-bond acceptors (Lipinski definition) is 12. The van der Waals surface area contributed by atoms with Crippen molar-refractivity contribution in [2.45, 2.75) is 96.3 Å². The first-order chi connectivity index (χ1) is 22.7. The van der Waals surface area contributed by atoms with Crippen LogP contribution in [-0.2, 0) is 26.2 Å². The summed E-state index contributed by atoms with van der Waals surface area (Å²) in [5, 5.41) is 14.2. The number of carbonyl (C=O) groups is 2. The Bertz CT molecular complexity index is 1600. The molecule has 2 aromatic rings. The van der Waals surface area contributed by atoms with E-state index in [1.54, 1.807) is 17.9 Å². The average Bonchev–Trinajstić information content (AvgIpc) is 3.26. The van der Waals surface area contributed by atoms with Crippen molar-refractivity contribution in [3.8, 4) is 11.8 Å². The normalized spacial score (nSPS) is 23.9. The molecule has 4 N–H and O–H groups in total. The van der Waals surface area contributed by atoms with Gasteiger partial charge in [0.1, 0.15) is 40.0 Å². The van der Waals surface area contributed by atoms with Crippen LogP contribution < -0.4 is 21.1 Å². The topological polar surface area (TPSA) is 173 Å². The van der Waals surface area contributed by atoms with Crippen molar-refractivity contribution in [3.63, 3.8) is 0 Å². The summed E-state index contributed by atoms with van der Waals surface area (Å²) in [5.74, 6) is 0.503. The Labute approximate surface area is 286 Å². The Kier molecular flexibility index (Phi) is 10.4.